The number of rotatable bonds is 16. The Kier molecular flexibility index (Phi) is 16.1. The summed E-state index contributed by atoms with van der Waals surface area (Å²) in [5, 5.41) is 13.6. The molecule has 1 amide bonds. The predicted octanol–water partition coefficient (Wildman–Crippen LogP) is 8.47. The maximum atomic E-state index is 13.1. The van der Waals surface area contributed by atoms with Gasteiger partial charge in [0.1, 0.15) is 59.4 Å². The molecule has 3 N–H and O–H groups in total. The van der Waals surface area contributed by atoms with E-state index < -0.39 is 59.9 Å². The van der Waals surface area contributed by atoms with Crippen molar-refractivity contribution in [3.8, 4) is 34.4 Å². The largest absolute Gasteiger partial charge is 0.490 e. The summed E-state index contributed by atoms with van der Waals surface area (Å²) < 4.78 is 33.1. The van der Waals surface area contributed by atoms with Crippen LogP contribution in [0.1, 0.15) is 73.1 Å². The number of nitrogens with two attached hydrogens (primary N) is 1. The number of carbonyl (C=O) groups excluding carboxylic acids is 4. The molecule has 4 aromatic rings. The maximum absolute atomic E-state index is 13.1. The van der Waals surface area contributed by atoms with E-state index in [-0.39, 0.29) is 52.2 Å². The van der Waals surface area contributed by atoms with Crippen molar-refractivity contribution in [3.05, 3.63) is 82.5 Å². The number of nitrogens with zero attached hydrogens (tertiary/aromatic N) is 4. The lowest BCUT2D eigenvalue weighted by Crippen LogP contribution is -2.44. The number of hydrogen-bond donors (Lipinski definition) is 2. The molecular weight excluding hydrogens is 828 g/mol. The van der Waals surface area contributed by atoms with Crippen LogP contribution in [-0.2, 0) is 39.1 Å². The lowest BCUT2D eigenvalue weighted by atomic mass is 10.00. The summed E-state index contributed by atoms with van der Waals surface area (Å²) in [4.78, 5) is 63.0. The number of nitrogen functional groups attached to an aromatic ring is 1. The number of esters is 3. The number of ether oxygens (including phenoxy) is 5. The van der Waals surface area contributed by atoms with E-state index in [2.05, 4.69) is 26.2 Å². The maximum Gasteiger partial charge on any atom is 0.408 e. The fourth-order valence-corrected chi connectivity index (χ4v) is 6.28. The molecule has 2 aromatic carbocycles. The van der Waals surface area contributed by atoms with Gasteiger partial charge in [-0.3, -0.25) is 9.59 Å². The molecule has 18 heteroatoms. The van der Waals surface area contributed by atoms with E-state index in [4.69, 9.17) is 52.0 Å². The molecule has 0 aliphatic rings. The summed E-state index contributed by atoms with van der Waals surface area (Å²) in [6.07, 6.45) is -0.740. The van der Waals surface area contributed by atoms with Gasteiger partial charge in [0.05, 0.1) is 30.2 Å². The fraction of sp³-hybridized carbons (Fsp3) is 0.395. The molecule has 322 valence electrons. The van der Waals surface area contributed by atoms with Crippen molar-refractivity contribution in [3.63, 3.8) is 0 Å². The van der Waals surface area contributed by atoms with Gasteiger partial charge in [0, 0.05) is 21.9 Å². The zero-order chi connectivity index (χ0) is 45.1. The summed E-state index contributed by atoms with van der Waals surface area (Å²) in [5.74, 6) is -2.16. The quantitative estimate of drug-likeness (QED) is 0.0467. The van der Waals surface area contributed by atoms with Gasteiger partial charge in [-0.2, -0.15) is 5.26 Å². The Labute approximate surface area is 363 Å². The molecule has 2 heterocycles. The summed E-state index contributed by atoms with van der Waals surface area (Å²) in [6.45, 7) is 20.1. The molecule has 2 aromatic heterocycles. The third-order valence-electron chi connectivity index (χ3n) is 8.04. The molecule has 16 nitrogen and oxygen atoms in total. The molecule has 4 rings (SSSR count). The van der Waals surface area contributed by atoms with Crippen molar-refractivity contribution in [2.75, 3.05) is 18.9 Å². The number of carbonyl (C=O) groups is 4. The highest BCUT2D eigenvalue weighted by Crippen LogP contribution is 2.42. The lowest BCUT2D eigenvalue weighted by Gasteiger charge is -2.24. The molecule has 0 aliphatic carbocycles. The number of oxazole rings is 1. The van der Waals surface area contributed by atoms with Crippen molar-refractivity contribution in [2.45, 2.75) is 95.9 Å². The van der Waals surface area contributed by atoms with Gasteiger partial charge in [-0.1, -0.05) is 42.4 Å². The highest BCUT2D eigenvalue weighted by atomic mass is 35.5. The number of benzene rings is 2. The highest BCUT2D eigenvalue weighted by molar-refractivity contribution is 7.98. The number of nitriles is 1. The second kappa shape index (κ2) is 20.8. The molecule has 3 atom stereocenters. The monoisotopic (exact) mass is 874 g/mol. The normalized spacial score (nSPS) is 12.8. The Morgan fingerprint density at radius 1 is 0.951 bits per heavy atom. The second-order valence-electron chi connectivity index (χ2n) is 15.6. The molecule has 0 aliphatic heterocycles. The Hall–Kier alpha value is -6.30. The zero-order valence-corrected chi connectivity index (χ0v) is 36.6. The van der Waals surface area contributed by atoms with Gasteiger partial charge in [0.15, 0.2) is 6.10 Å². The number of amides is 1. The van der Waals surface area contributed by atoms with Gasteiger partial charge in [-0.05, 0) is 90.4 Å². The molecule has 0 unspecified atom stereocenters. The third kappa shape index (κ3) is 14.4. The van der Waals surface area contributed by atoms with E-state index in [9.17, 15) is 24.4 Å². The molecule has 0 spiro atoms. The van der Waals surface area contributed by atoms with Crippen LogP contribution in [0.25, 0.3) is 27.4 Å². The average molecular weight is 875 g/mol. The summed E-state index contributed by atoms with van der Waals surface area (Å²) in [6, 6.07) is 14.4. The van der Waals surface area contributed by atoms with Crippen molar-refractivity contribution in [1.29, 1.82) is 5.26 Å². The molecule has 0 saturated heterocycles. The third-order valence-corrected chi connectivity index (χ3v) is 9.30. The summed E-state index contributed by atoms with van der Waals surface area (Å²) in [7, 11) is 0. The number of aromatic nitrogens is 2. The lowest BCUT2D eigenvalue weighted by molar-refractivity contribution is -0.166. The van der Waals surface area contributed by atoms with Crippen LogP contribution in [0.3, 0.4) is 0 Å². The van der Waals surface area contributed by atoms with Gasteiger partial charge >= 0.3 is 24.0 Å². The molecule has 61 heavy (non-hydrogen) atoms. The average Bonchev–Trinajstić information content (AvgIpc) is 3.65. The standard InChI is InChI=1S/C43H47ClN6O10S/c1-24(18-33(51)59-42(3,4)5)39(52)57-22-31(58-40(53)25(2)48-41(54)60-43(6,7)8)21-55-30-16-12-26(13-17-30)34-32(19-45)38(50-36(46)35(34)47-9)61-23-29-20-56-37(49-29)27-10-14-28(44)15-11-27/h10-17,20,24-25,31H,18,21-23H2,1-8H3,(H2,46,50)(H,48,54)/t24-,25+,31-/m0/s1. The number of nitrogens with one attached hydrogen (secondary N) is 1. The summed E-state index contributed by atoms with van der Waals surface area (Å²) in [5.41, 5.74) is 6.87. The van der Waals surface area contributed by atoms with E-state index in [1.165, 1.54) is 31.9 Å². The Balaban J connectivity index is 1.50. The SMILES string of the molecule is [C-]#[N+]c1c(N)nc(SCc2coc(-c3ccc(Cl)cc3)n2)c(C#N)c1-c1ccc(OC[C@@H](COC(=O)[C@@H](C)CC(=O)OC(C)(C)C)OC(=O)[C@@H](C)NC(=O)OC(C)(C)C)cc1. The van der Waals surface area contributed by atoms with Gasteiger partial charge in [0.25, 0.3) is 0 Å². The van der Waals surface area contributed by atoms with Crippen LogP contribution in [0.2, 0.25) is 5.02 Å². The van der Waals surface area contributed by atoms with E-state index in [1.807, 2.05) is 0 Å². The molecular formula is C43H47ClN6O10S. The zero-order valence-electron chi connectivity index (χ0n) is 35.0. The topological polar surface area (TPSA) is 220 Å². The highest BCUT2D eigenvalue weighted by Gasteiger charge is 2.28. The van der Waals surface area contributed by atoms with Crippen LogP contribution in [-0.4, -0.2) is 70.5 Å². The smallest absolute Gasteiger partial charge is 0.408 e. The van der Waals surface area contributed by atoms with Crippen LogP contribution in [0.5, 0.6) is 5.75 Å². The molecule has 0 radical (unpaired) electrons. The Morgan fingerprint density at radius 2 is 1.59 bits per heavy atom. The van der Waals surface area contributed by atoms with E-state index in [1.54, 1.807) is 90.1 Å². The minimum atomic E-state index is -1.17. The van der Waals surface area contributed by atoms with Gasteiger partial charge < -0.3 is 39.2 Å². The number of anilines is 1. The molecule has 0 bridgehead atoms. The molecule has 0 saturated carbocycles. The van der Waals surface area contributed by atoms with Crippen LogP contribution in [0.15, 0.2) is 64.2 Å². The first-order valence-corrected chi connectivity index (χ1v) is 20.3. The fourth-order valence-electron chi connectivity index (χ4n) is 5.28. The van der Waals surface area contributed by atoms with Crippen molar-refractivity contribution in [1.82, 2.24) is 15.3 Å². The summed E-state index contributed by atoms with van der Waals surface area (Å²) >= 11 is 7.20. The van der Waals surface area contributed by atoms with Gasteiger partial charge in [0.2, 0.25) is 11.6 Å². The minimum absolute atomic E-state index is 0.00942. The van der Waals surface area contributed by atoms with Crippen LogP contribution in [0.4, 0.5) is 16.3 Å². The van der Waals surface area contributed by atoms with Crippen LogP contribution >= 0.6 is 23.4 Å². The number of hydrogen-bond acceptors (Lipinski definition) is 15. The van der Waals surface area contributed by atoms with Gasteiger partial charge in [-0.15, -0.1) is 0 Å². The Morgan fingerprint density at radius 3 is 2.20 bits per heavy atom. The van der Waals surface area contributed by atoms with E-state index in [0.717, 1.165) is 5.56 Å². The van der Waals surface area contributed by atoms with E-state index >= 15 is 0 Å². The van der Waals surface area contributed by atoms with Crippen molar-refractivity contribution in [2.24, 2.45) is 5.92 Å². The molecule has 0 fully saturated rings. The number of thioether (sulfide) groups is 1. The first-order valence-electron chi connectivity index (χ1n) is 18.9. The number of halogens is 1. The van der Waals surface area contributed by atoms with Crippen LogP contribution < -0.4 is 15.8 Å². The Bertz CT molecular complexity index is 2290. The first-order chi connectivity index (χ1) is 28.7. The predicted molar refractivity (Wildman–Crippen MR) is 226 cm³/mol. The van der Waals surface area contributed by atoms with Crippen molar-refractivity contribution < 1.29 is 47.3 Å². The first kappa shape index (κ1) is 47.4. The van der Waals surface area contributed by atoms with Crippen molar-refractivity contribution >= 4 is 58.9 Å². The van der Waals surface area contributed by atoms with E-state index in [0.29, 0.717) is 22.2 Å². The number of alkyl carbamates (subject to hydrolysis) is 1. The number of pyridine rings is 1. The van der Waals surface area contributed by atoms with Gasteiger partial charge in [-0.25, -0.2) is 24.4 Å². The minimum Gasteiger partial charge on any atom is -0.490 e. The van der Waals surface area contributed by atoms with Crippen LogP contribution in [0, 0.1) is 23.8 Å². The second-order valence-corrected chi connectivity index (χ2v) is 17.0.